The largest absolute Gasteiger partial charge is 0.305 e. The first kappa shape index (κ1) is 116. The van der Waals surface area contributed by atoms with Crippen molar-refractivity contribution in [2.75, 3.05) is 0 Å². The van der Waals surface area contributed by atoms with E-state index >= 15 is 0 Å². The zero-order chi connectivity index (χ0) is 94.9. The Morgan fingerprint density at radius 2 is 0.548 bits per heavy atom. The third kappa shape index (κ3) is 37.7. The number of aromatic nitrogens is 8. The smallest absolute Gasteiger partial charge is 0.0799 e. The van der Waals surface area contributed by atoms with Crippen LogP contribution in [0.1, 0.15) is 125 Å². The van der Waals surface area contributed by atoms with Gasteiger partial charge in [-0.3, -0.25) is 0 Å². The topological polar surface area (TPSA) is 103 Å². The van der Waals surface area contributed by atoms with Crippen LogP contribution in [0.2, 0.25) is 78.6 Å². The van der Waals surface area contributed by atoms with Crippen LogP contribution in [0.15, 0.2) is 316 Å². The van der Waals surface area contributed by atoms with Gasteiger partial charge >= 0.3 is 0 Å². The Bertz CT molecular complexity index is 5610. The van der Waals surface area contributed by atoms with E-state index in [0.29, 0.717) is 17.8 Å². The predicted octanol–water partition coefficient (Wildman–Crippen LogP) is 28.9. The molecule has 0 amide bonds. The van der Waals surface area contributed by atoms with Crippen LogP contribution in [0.3, 0.4) is 0 Å². The second-order valence-electron chi connectivity index (χ2n) is 39.1. The molecular formula is C119H134Ir4N8Si4-8. The van der Waals surface area contributed by atoms with E-state index in [-0.39, 0.29) is 85.8 Å². The van der Waals surface area contributed by atoms with Gasteiger partial charge in [-0.25, -0.2) is 0 Å². The molecule has 0 spiro atoms. The summed E-state index contributed by atoms with van der Waals surface area (Å²) in [7, 11) is -5.45. The summed E-state index contributed by atoms with van der Waals surface area (Å²) in [6.45, 7) is 57.6. The second-order valence-corrected chi connectivity index (χ2v) is 59.2. The van der Waals surface area contributed by atoms with Crippen molar-refractivity contribution in [2.24, 2.45) is 5.92 Å². The molecule has 0 aliphatic heterocycles. The molecule has 0 aliphatic carbocycles. The summed E-state index contributed by atoms with van der Waals surface area (Å²) in [6.07, 6.45) is 17.9. The van der Waals surface area contributed by atoms with Crippen LogP contribution in [0.25, 0.3) is 90.1 Å². The maximum atomic E-state index is 4.73. The van der Waals surface area contributed by atoms with E-state index in [4.69, 9.17) is 19.9 Å². The van der Waals surface area contributed by atoms with Crippen molar-refractivity contribution in [3.63, 3.8) is 0 Å². The summed E-state index contributed by atoms with van der Waals surface area (Å²) >= 11 is 0. The summed E-state index contributed by atoms with van der Waals surface area (Å²) < 4.78 is 0. The maximum Gasteiger partial charge on any atom is 0.0799 e. The van der Waals surface area contributed by atoms with Crippen LogP contribution >= 0.6 is 0 Å². The van der Waals surface area contributed by atoms with Crippen molar-refractivity contribution >= 4 is 53.0 Å². The number of nitrogens with zero attached hydrogens (tertiary/aromatic N) is 8. The van der Waals surface area contributed by atoms with Gasteiger partial charge in [0.1, 0.15) is 0 Å². The zero-order valence-electron chi connectivity index (χ0n) is 83.6. The summed E-state index contributed by atoms with van der Waals surface area (Å²) in [5.41, 5.74) is 27.5. The quantitative estimate of drug-likeness (QED) is 0.0656. The van der Waals surface area contributed by atoms with Gasteiger partial charge in [0.2, 0.25) is 0 Å². The molecule has 0 saturated carbocycles. The number of pyridine rings is 8. The van der Waals surface area contributed by atoms with Gasteiger partial charge in [-0.05, 0) is 132 Å². The fraction of sp³-hybridized carbons (Fsp3) is 0.261. The monoisotopic (exact) mass is 2560 g/mol. The van der Waals surface area contributed by atoms with Crippen molar-refractivity contribution in [2.45, 2.75) is 199 Å². The van der Waals surface area contributed by atoms with E-state index in [1.165, 1.54) is 71.7 Å². The van der Waals surface area contributed by atoms with Gasteiger partial charge in [0.05, 0.1) is 32.3 Å². The van der Waals surface area contributed by atoms with Gasteiger partial charge in [0.15, 0.2) is 0 Å². The Morgan fingerprint density at radius 3 is 0.793 bits per heavy atom. The summed E-state index contributed by atoms with van der Waals surface area (Å²) in [5, 5.41) is 5.92. The first-order chi connectivity index (χ1) is 62.3. The third-order valence-corrected chi connectivity index (χ3v) is 29.9. The molecule has 0 bridgehead atoms. The fourth-order valence-corrected chi connectivity index (χ4v) is 20.9. The van der Waals surface area contributed by atoms with Gasteiger partial charge in [-0.1, -0.05) is 258 Å². The van der Waals surface area contributed by atoms with E-state index in [2.05, 4.69) is 335 Å². The molecule has 1 unspecified atom stereocenters. The van der Waals surface area contributed by atoms with E-state index in [0.717, 1.165) is 96.5 Å². The Kier molecular flexibility index (Phi) is 48.4. The number of rotatable bonds is 17. The molecule has 0 N–H and O–H groups in total. The third-order valence-electron chi connectivity index (χ3n) is 21.8. The molecule has 0 fully saturated rings. The van der Waals surface area contributed by atoms with Gasteiger partial charge in [-0.2, -0.15) is 0 Å². The molecule has 1 atom stereocenters. The van der Waals surface area contributed by atoms with Gasteiger partial charge in [0.25, 0.3) is 0 Å². The summed E-state index contributed by atoms with van der Waals surface area (Å²) in [5.74, 6) is 1.78. The van der Waals surface area contributed by atoms with Crippen LogP contribution in [-0.2, 0) is 92.3 Å². The molecule has 8 heterocycles. The standard InChI is InChI=1S/3C19H26NSi.C18H24NSi.4C11H8N.4Ir/c1-14-8-10-15(11-9-14)17-12-16(19(2,3)4)18(13-20-17)21(5,6)7;1-14(2)11-17-12-18(16-9-7-15(3)8-10-16)20-13-19(17)21(4,5)6;1-7-15(3)17-12-18(16-10-8-14(2)9-11-16)20-13-19(17)21(4,5)6;1-13(2)16-11-17(15-9-7-14(3)8-10-15)19-12-18(16)20(4,5)6;4*1-2-6-10(7-3-1)11-8-4-5-9-12-11;;;;/h8-10,12-13H,1-7H3;7-9,12-14H,11H2,1-6H3;8-10,12-13,15H,7H2,1-6H3;7-9,11-13H,1-6H3;4*1-6,8-9H;;;;/q8*-1;;;;. The van der Waals surface area contributed by atoms with E-state index in [1.807, 2.05) is 194 Å². The summed E-state index contributed by atoms with van der Waals surface area (Å²) in [4.78, 5) is 35.7. The molecular weight excluding hydrogens is 2420 g/mol. The molecule has 8 aromatic heterocycles. The second kappa shape index (κ2) is 56.3. The number of benzene rings is 8. The molecule has 0 aliphatic rings. The maximum absolute atomic E-state index is 4.73. The minimum atomic E-state index is -1.39. The summed E-state index contributed by atoms with van der Waals surface area (Å²) in [6, 6.07) is 115. The first-order valence-electron chi connectivity index (χ1n) is 45.8. The van der Waals surface area contributed by atoms with Crippen molar-refractivity contribution in [1.29, 1.82) is 0 Å². The Hall–Kier alpha value is -9.58. The average Bonchev–Trinajstić information content (AvgIpc) is 0.774. The molecule has 16 aromatic rings. The molecule has 16 rings (SSSR count). The first-order valence-corrected chi connectivity index (χ1v) is 59.8. The normalized spacial score (nSPS) is 11.1. The molecule has 0 saturated heterocycles. The fourth-order valence-electron chi connectivity index (χ4n) is 14.3. The van der Waals surface area contributed by atoms with Crippen LogP contribution in [0, 0.1) is 82.1 Å². The molecule has 135 heavy (non-hydrogen) atoms. The van der Waals surface area contributed by atoms with Crippen LogP contribution in [0.5, 0.6) is 0 Å². The van der Waals surface area contributed by atoms with Gasteiger partial charge in [-0.15, -0.1) is 285 Å². The van der Waals surface area contributed by atoms with Crippen molar-refractivity contribution in [3.05, 3.63) is 410 Å². The van der Waals surface area contributed by atoms with Crippen molar-refractivity contribution in [3.8, 4) is 90.1 Å². The molecule has 16 heteroatoms. The Balaban J connectivity index is 0.000000274. The minimum Gasteiger partial charge on any atom is -0.305 e. The Morgan fingerprint density at radius 1 is 0.281 bits per heavy atom. The molecule has 8 aromatic carbocycles. The van der Waals surface area contributed by atoms with E-state index in [1.54, 1.807) is 24.8 Å². The number of hydrogen-bond acceptors (Lipinski definition) is 8. The average molecular weight is 2560 g/mol. The molecule has 4 radical (unpaired) electrons. The van der Waals surface area contributed by atoms with Gasteiger partial charge in [0, 0.05) is 130 Å². The van der Waals surface area contributed by atoms with Crippen molar-refractivity contribution < 1.29 is 80.4 Å². The van der Waals surface area contributed by atoms with E-state index in [9.17, 15) is 0 Å². The SMILES string of the molecule is CCC(C)c1cc(-c2[c-]cc(C)cc2)ncc1[Si](C)(C)C.Cc1c[c-]c(-c2cc(C(C)(C)C)c([Si](C)(C)C)cn2)cc1.Cc1c[c-]c(-c2cc(C(C)C)c([Si](C)(C)C)cn2)cc1.Cc1c[c-]c(-c2cc(CC(C)C)c([Si](C)(C)C)cn2)cc1.[Ir].[Ir].[Ir].[Ir].[c-]1ccccc1-c1ccccn1.[c-]1ccccc1-c1ccccn1.[c-]1ccccc1-c1ccccn1.[c-]1ccccc1-c1ccccn1. The van der Waals surface area contributed by atoms with Crippen molar-refractivity contribution in [1.82, 2.24) is 39.9 Å². The predicted molar refractivity (Wildman–Crippen MR) is 569 cm³/mol. The van der Waals surface area contributed by atoms with Crippen LogP contribution in [0.4, 0.5) is 0 Å². The number of hydrogen-bond donors (Lipinski definition) is 0. The van der Waals surface area contributed by atoms with Gasteiger partial charge < -0.3 is 39.9 Å². The Labute approximate surface area is 869 Å². The molecule has 8 nitrogen and oxygen atoms in total. The molecule has 710 valence electrons. The zero-order valence-corrected chi connectivity index (χ0v) is 97.2. The number of aryl methyl sites for hydroxylation is 4. The van der Waals surface area contributed by atoms with Crippen LogP contribution in [-0.4, -0.2) is 72.2 Å². The van der Waals surface area contributed by atoms with Crippen LogP contribution < -0.4 is 20.7 Å². The van der Waals surface area contributed by atoms with E-state index < -0.39 is 32.3 Å². The minimum absolute atomic E-state index is 0.